The van der Waals surface area contributed by atoms with E-state index in [-0.39, 0.29) is 10.6 Å². The molecule has 2 N–H and O–H groups in total. The van der Waals surface area contributed by atoms with Crippen molar-refractivity contribution in [3.8, 4) is 0 Å². The molecule has 1 aromatic heterocycles. The number of anilines is 1. The fourth-order valence-corrected chi connectivity index (χ4v) is 3.18. The number of nitrogens with zero attached hydrogens (tertiary/aromatic N) is 2. The minimum absolute atomic E-state index is 0.0767. The van der Waals surface area contributed by atoms with Crippen LogP contribution < -0.4 is 5.73 Å². The minimum atomic E-state index is -4.43. The average Bonchev–Trinajstić information content (AvgIpc) is 2.65. The zero-order valence-electron chi connectivity index (χ0n) is 9.15. The summed E-state index contributed by atoms with van der Waals surface area (Å²) in [6.45, 7) is 1.75. The zero-order chi connectivity index (χ0) is 13.3. The van der Waals surface area contributed by atoms with Crippen LogP contribution in [0.2, 0.25) is 0 Å². The molecule has 0 atom stereocenters. The average molecular weight is 291 g/mol. The second-order valence-corrected chi connectivity index (χ2v) is 5.91. The first-order valence-electron chi connectivity index (χ1n) is 4.81. The highest BCUT2D eigenvalue weighted by Crippen LogP contribution is 2.40. The number of alkyl halides is 3. The summed E-state index contributed by atoms with van der Waals surface area (Å²) in [6.07, 6.45) is -4.43. The van der Waals surface area contributed by atoms with Gasteiger partial charge < -0.3 is 5.73 Å². The van der Waals surface area contributed by atoms with Gasteiger partial charge in [0.2, 0.25) is 0 Å². The van der Waals surface area contributed by atoms with Gasteiger partial charge in [-0.1, -0.05) is 23.1 Å². The van der Waals surface area contributed by atoms with E-state index in [9.17, 15) is 13.2 Å². The number of rotatable bonds is 2. The summed E-state index contributed by atoms with van der Waals surface area (Å²) >= 11 is 2.19. The van der Waals surface area contributed by atoms with Crippen molar-refractivity contribution in [2.24, 2.45) is 0 Å². The van der Waals surface area contributed by atoms with Gasteiger partial charge in [0.15, 0.2) is 4.34 Å². The predicted molar refractivity (Wildman–Crippen MR) is 64.6 cm³/mol. The molecule has 0 unspecified atom stereocenters. The molecule has 1 heterocycles. The number of nitrogen functional groups attached to an aromatic ring is 1. The Morgan fingerprint density at radius 1 is 1.28 bits per heavy atom. The van der Waals surface area contributed by atoms with Crippen molar-refractivity contribution in [2.45, 2.75) is 22.3 Å². The zero-order valence-corrected chi connectivity index (χ0v) is 10.8. The number of benzene rings is 1. The molecule has 18 heavy (non-hydrogen) atoms. The number of hydrogen-bond acceptors (Lipinski definition) is 5. The highest BCUT2D eigenvalue weighted by molar-refractivity contribution is 8.01. The van der Waals surface area contributed by atoms with E-state index in [1.54, 1.807) is 6.92 Å². The monoisotopic (exact) mass is 291 g/mol. The highest BCUT2D eigenvalue weighted by Gasteiger charge is 2.34. The Balaban J connectivity index is 2.38. The van der Waals surface area contributed by atoms with Gasteiger partial charge in [-0.15, -0.1) is 10.2 Å². The smallest absolute Gasteiger partial charge is 0.399 e. The quantitative estimate of drug-likeness (QED) is 0.859. The number of aryl methyl sites for hydroxylation is 1. The van der Waals surface area contributed by atoms with Crippen LogP contribution in [0.25, 0.3) is 0 Å². The number of hydrogen-bond donors (Lipinski definition) is 1. The van der Waals surface area contributed by atoms with Gasteiger partial charge in [-0.25, -0.2) is 0 Å². The lowest BCUT2D eigenvalue weighted by Crippen LogP contribution is -2.07. The van der Waals surface area contributed by atoms with E-state index in [0.29, 0.717) is 9.35 Å². The van der Waals surface area contributed by atoms with Crippen molar-refractivity contribution in [3.63, 3.8) is 0 Å². The third-order valence-electron chi connectivity index (χ3n) is 2.01. The molecule has 0 fully saturated rings. The molecule has 0 saturated carbocycles. The van der Waals surface area contributed by atoms with Crippen molar-refractivity contribution >= 4 is 28.8 Å². The summed E-state index contributed by atoms with van der Waals surface area (Å²) in [5.41, 5.74) is 4.72. The van der Waals surface area contributed by atoms with Crippen molar-refractivity contribution in [1.29, 1.82) is 0 Å². The van der Waals surface area contributed by atoms with Crippen LogP contribution in [0.5, 0.6) is 0 Å². The Bertz CT molecular complexity index is 566. The van der Waals surface area contributed by atoms with Crippen LogP contribution in [0.3, 0.4) is 0 Å². The largest absolute Gasteiger partial charge is 0.417 e. The molecule has 96 valence electrons. The molecule has 2 aromatic rings. The first-order valence-corrected chi connectivity index (χ1v) is 6.44. The van der Waals surface area contributed by atoms with E-state index >= 15 is 0 Å². The molecule has 0 saturated heterocycles. The predicted octanol–water partition coefficient (Wildman–Crippen LogP) is 3.60. The van der Waals surface area contributed by atoms with Gasteiger partial charge in [0.1, 0.15) is 5.01 Å². The first-order chi connectivity index (χ1) is 8.36. The van der Waals surface area contributed by atoms with Crippen LogP contribution in [0.4, 0.5) is 18.9 Å². The summed E-state index contributed by atoms with van der Waals surface area (Å²) in [5.74, 6) is 0. The summed E-state index contributed by atoms with van der Waals surface area (Å²) in [5, 5.41) is 8.26. The van der Waals surface area contributed by atoms with Crippen LogP contribution in [0.15, 0.2) is 27.4 Å². The molecule has 0 radical (unpaired) electrons. The van der Waals surface area contributed by atoms with Gasteiger partial charge in [0.05, 0.1) is 5.56 Å². The molecule has 2 rings (SSSR count). The Hall–Kier alpha value is -1.28. The van der Waals surface area contributed by atoms with Crippen LogP contribution in [-0.4, -0.2) is 10.2 Å². The van der Waals surface area contributed by atoms with E-state index in [1.807, 2.05) is 0 Å². The molecule has 0 aliphatic heterocycles. The van der Waals surface area contributed by atoms with E-state index in [0.717, 1.165) is 17.8 Å². The number of halogens is 3. The number of aromatic nitrogens is 2. The van der Waals surface area contributed by atoms with Crippen molar-refractivity contribution < 1.29 is 13.2 Å². The third kappa shape index (κ3) is 2.94. The molecule has 0 spiro atoms. The summed E-state index contributed by atoms with van der Waals surface area (Å²) in [6, 6.07) is 3.71. The minimum Gasteiger partial charge on any atom is -0.399 e. The molecule has 0 aliphatic rings. The van der Waals surface area contributed by atoms with Gasteiger partial charge >= 0.3 is 6.18 Å². The van der Waals surface area contributed by atoms with E-state index in [4.69, 9.17) is 5.73 Å². The number of nitrogens with two attached hydrogens (primary N) is 1. The van der Waals surface area contributed by atoms with Crippen molar-refractivity contribution in [2.75, 3.05) is 5.73 Å². The second-order valence-electron chi connectivity index (χ2n) is 3.44. The SMILES string of the molecule is Cc1nnc(Sc2ccc(N)cc2C(F)(F)F)s1. The summed E-state index contributed by atoms with van der Waals surface area (Å²) in [4.78, 5) is 0.0767. The van der Waals surface area contributed by atoms with Crippen LogP contribution >= 0.6 is 23.1 Å². The Labute approximate surface area is 109 Å². The normalized spacial score (nSPS) is 11.8. The first kappa shape index (κ1) is 13.2. The Kier molecular flexibility index (Phi) is 3.49. The van der Waals surface area contributed by atoms with E-state index in [2.05, 4.69) is 10.2 Å². The molecule has 1 aromatic carbocycles. The second kappa shape index (κ2) is 4.77. The van der Waals surface area contributed by atoms with Crippen LogP contribution in [-0.2, 0) is 6.18 Å². The third-order valence-corrected chi connectivity index (χ3v) is 3.98. The Morgan fingerprint density at radius 3 is 2.56 bits per heavy atom. The van der Waals surface area contributed by atoms with Crippen molar-refractivity contribution in [3.05, 3.63) is 28.8 Å². The Morgan fingerprint density at radius 2 is 2.00 bits per heavy atom. The maximum Gasteiger partial charge on any atom is 0.417 e. The van der Waals surface area contributed by atoms with Gasteiger partial charge in [-0.2, -0.15) is 13.2 Å². The molecule has 8 heteroatoms. The van der Waals surface area contributed by atoms with E-state index < -0.39 is 11.7 Å². The standard InChI is InChI=1S/C10H8F3N3S2/c1-5-15-16-9(17-5)18-8-3-2-6(14)4-7(8)10(11,12)13/h2-4H,14H2,1H3. The van der Waals surface area contributed by atoms with Gasteiger partial charge in [0.25, 0.3) is 0 Å². The molecule has 0 aliphatic carbocycles. The lowest BCUT2D eigenvalue weighted by Gasteiger charge is -2.11. The van der Waals surface area contributed by atoms with Gasteiger partial charge in [0, 0.05) is 10.6 Å². The summed E-state index contributed by atoms with van der Waals surface area (Å²) in [7, 11) is 0. The fraction of sp³-hybridized carbons (Fsp3) is 0.200. The van der Waals surface area contributed by atoms with Gasteiger partial charge in [-0.3, -0.25) is 0 Å². The lowest BCUT2D eigenvalue weighted by molar-refractivity contribution is -0.139. The van der Waals surface area contributed by atoms with Crippen molar-refractivity contribution in [1.82, 2.24) is 10.2 Å². The summed E-state index contributed by atoms with van der Waals surface area (Å²) < 4.78 is 39.0. The lowest BCUT2D eigenvalue weighted by atomic mass is 10.2. The fourth-order valence-electron chi connectivity index (χ4n) is 1.27. The molecular weight excluding hydrogens is 283 g/mol. The molecule has 3 nitrogen and oxygen atoms in total. The van der Waals surface area contributed by atoms with Gasteiger partial charge in [-0.05, 0) is 25.1 Å². The highest BCUT2D eigenvalue weighted by atomic mass is 32.2. The molecule has 0 bridgehead atoms. The topological polar surface area (TPSA) is 51.8 Å². The molecular formula is C10H8F3N3S2. The van der Waals surface area contributed by atoms with Crippen LogP contribution in [0, 0.1) is 6.92 Å². The maximum atomic E-state index is 12.8. The molecule has 0 amide bonds. The maximum absolute atomic E-state index is 12.8. The van der Waals surface area contributed by atoms with E-state index in [1.165, 1.54) is 23.5 Å². The van der Waals surface area contributed by atoms with Crippen LogP contribution in [0.1, 0.15) is 10.6 Å².